The number of nitrogens with zero attached hydrogens (tertiary/aromatic N) is 1. The standard InChI is InChI=1S/C15H16N2O2/c1-2-12(15-11-17-8-9-18-15)10-14(3-1)19-13-4-6-16-7-5-13/h1-7,10,15,17H,8-9,11H2/t15-/m0/s1. The minimum atomic E-state index is 0.106. The van der Waals surface area contributed by atoms with Crippen LogP contribution in [0.5, 0.6) is 11.5 Å². The number of hydrogen-bond acceptors (Lipinski definition) is 4. The Labute approximate surface area is 112 Å². The highest BCUT2D eigenvalue weighted by Gasteiger charge is 2.15. The lowest BCUT2D eigenvalue weighted by Gasteiger charge is -2.24. The van der Waals surface area contributed by atoms with E-state index in [-0.39, 0.29) is 6.10 Å². The minimum Gasteiger partial charge on any atom is -0.457 e. The number of benzene rings is 1. The minimum absolute atomic E-state index is 0.106. The maximum atomic E-state index is 5.79. The number of aromatic nitrogens is 1. The van der Waals surface area contributed by atoms with Crippen LogP contribution in [0.15, 0.2) is 48.8 Å². The van der Waals surface area contributed by atoms with Gasteiger partial charge in [0.15, 0.2) is 0 Å². The lowest BCUT2D eigenvalue weighted by molar-refractivity contribution is 0.0276. The van der Waals surface area contributed by atoms with Crippen molar-refractivity contribution in [2.24, 2.45) is 0 Å². The molecule has 4 heteroatoms. The number of nitrogens with one attached hydrogen (secondary N) is 1. The highest BCUT2D eigenvalue weighted by atomic mass is 16.5. The molecule has 2 aromatic rings. The first-order valence-corrected chi connectivity index (χ1v) is 6.42. The predicted octanol–water partition coefficient (Wildman–Crippen LogP) is 2.53. The second-order valence-corrected chi connectivity index (χ2v) is 4.42. The molecule has 1 N–H and O–H groups in total. The molecule has 1 aromatic carbocycles. The molecule has 0 radical (unpaired) electrons. The van der Waals surface area contributed by atoms with E-state index in [9.17, 15) is 0 Å². The van der Waals surface area contributed by atoms with E-state index in [0.717, 1.165) is 36.8 Å². The lowest BCUT2D eigenvalue weighted by atomic mass is 10.1. The first-order valence-electron chi connectivity index (χ1n) is 6.42. The molecule has 1 aliphatic rings. The first kappa shape index (κ1) is 12.1. The fourth-order valence-electron chi connectivity index (χ4n) is 2.10. The third-order valence-electron chi connectivity index (χ3n) is 3.04. The van der Waals surface area contributed by atoms with E-state index in [1.807, 2.05) is 30.3 Å². The fourth-order valence-corrected chi connectivity index (χ4v) is 2.10. The Hall–Kier alpha value is -1.91. The van der Waals surface area contributed by atoms with Crippen LogP contribution in [0, 0.1) is 0 Å². The summed E-state index contributed by atoms with van der Waals surface area (Å²) in [4.78, 5) is 3.97. The Morgan fingerprint density at radius 1 is 1.16 bits per heavy atom. The SMILES string of the molecule is c1cc(Oc2ccncc2)cc([C@@H]2CNCCO2)c1. The van der Waals surface area contributed by atoms with Crippen molar-refractivity contribution in [1.82, 2.24) is 10.3 Å². The van der Waals surface area contributed by atoms with Crippen LogP contribution in [0.2, 0.25) is 0 Å². The highest BCUT2D eigenvalue weighted by Crippen LogP contribution is 2.26. The van der Waals surface area contributed by atoms with Crippen molar-refractivity contribution in [2.75, 3.05) is 19.7 Å². The molecule has 3 rings (SSSR count). The average Bonchev–Trinajstić information content (AvgIpc) is 2.49. The normalized spacial score (nSPS) is 19.1. The van der Waals surface area contributed by atoms with Gasteiger partial charge in [-0.3, -0.25) is 4.98 Å². The maximum Gasteiger partial charge on any atom is 0.130 e. The van der Waals surface area contributed by atoms with Crippen molar-refractivity contribution in [3.05, 3.63) is 54.4 Å². The molecule has 19 heavy (non-hydrogen) atoms. The van der Waals surface area contributed by atoms with E-state index >= 15 is 0 Å². The molecular formula is C15H16N2O2. The molecule has 1 fully saturated rings. The molecule has 0 saturated carbocycles. The van der Waals surface area contributed by atoms with Gasteiger partial charge < -0.3 is 14.8 Å². The van der Waals surface area contributed by atoms with Crippen molar-refractivity contribution in [3.63, 3.8) is 0 Å². The van der Waals surface area contributed by atoms with Crippen molar-refractivity contribution in [1.29, 1.82) is 0 Å². The number of hydrogen-bond donors (Lipinski definition) is 1. The van der Waals surface area contributed by atoms with Gasteiger partial charge in [0.25, 0.3) is 0 Å². The Kier molecular flexibility index (Phi) is 3.72. The molecule has 2 heterocycles. The zero-order valence-electron chi connectivity index (χ0n) is 10.6. The van der Waals surface area contributed by atoms with Gasteiger partial charge in [0.05, 0.1) is 12.7 Å². The van der Waals surface area contributed by atoms with Gasteiger partial charge in [-0.15, -0.1) is 0 Å². The first-order chi connectivity index (χ1) is 9.42. The smallest absolute Gasteiger partial charge is 0.130 e. The lowest BCUT2D eigenvalue weighted by Crippen LogP contribution is -2.33. The molecular weight excluding hydrogens is 240 g/mol. The molecule has 0 amide bonds. The summed E-state index contributed by atoms with van der Waals surface area (Å²) >= 11 is 0. The van der Waals surface area contributed by atoms with E-state index in [2.05, 4.69) is 16.4 Å². The number of rotatable bonds is 3. The second kappa shape index (κ2) is 5.82. The predicted molar refractivity (Wildman–Crippen MR) is 72.3 cm³/mol. The number of ether oxygens (including phenoxy) is 2. The zero-order valence-corrected chi connectivity index (χ0v) is 10.6. The van der Waals surface area contributed by atoms with E-state index in [4.69, 9.17) is 9.47 Å². The summed E-state index contributed by atoms with van der Waals surface area (Å²) in [6, 6.07) is 11.7. The van der Waals surface area contributed by atoms with Gasteiger partial charge in [0.1, 0.15) is 11.5 Å². The largest absolute Gasteiger partial charge is 0.457 e. The van der Waals surface area contributed by atoms with Gasteiger partial charge in [-0.25, -0.2) is 0 Å². The molecule has 0 bridgehead atoms. The molecule has 4 nitrogen and oxygen atoms in total. The van der Waals surface area contributed by atoms with Crippen LogP contribution >= 0.6 is 0 Å². The topological polar surface area (TPSA) is 43.4 Å². The van der Waals surface area contributed by atoms with Crippen LogP contribution in [0.4, 0.5) is 0 Å². The third kappa shape index (κ3) is 3.10. The van der Waals surface area contributed by atoms with Gasteiger partial charge in [-0.1, -0.05) is 12.1 Å². The average molecular weight is 256 g/mol. The summed E-state index contributed by atoms with van der Waals surface area (Å²) in [7, 11) is 0. The molecule has 1 aliphatic heterocycles. The Morgan fingerprint density at radius 3 is 2.84 bits per heavy atom. The molecule has 1 aromatic heterocycles. The maximum absolute atomic E-state index is 5.79. The van der Waals surface area contributed by atoms with Gasteiger partial charge in [-0.05, 0) is 29.8 Å². The van der Waals surface area contributed by atoms with Crippen molar-refractivity contribution in [2.45, 2.75) is 6.10 Å². The van der Waals surface area contributed by atoms with Crippen LogP contribution < -0.4 is 10.1 Å². The number of morpholine rings is 1. The van der Waals surface area contributed by atoms with Crippen molar-refractivity contribution >= 4 is 0 Å². The molecule has 0 unspecified atom stereocenters. The van der Waals surface area contributed by atoms with Gasteiger partial charge in [0, 0.05) is 25.5 Å². The summed E-state index contributed by atoms with van der Waals surface area (Å²) in [5, 5.41) is 3.33. The summed E-state index contributed by atoms with van der Waals surface area (Å²) in [5.41, 5.74) is 1.14. The monoisotopic (exact) mass is 256 g/mol. The quantitative estimate of drug-likeness (QED) is 0.916. The third-order valence-corrected chi connectivity index (χ3v) is 3.04. The van der Waals surface area contributed by atoms with Crippen molar-refractivity contribution in [3.8, 4) is 11.5 Å². The van der Waals surface area contributed by atoms with Gasteiger partial charge in [0.2, 0.25) is 0 Å². The molecule has 0 spiro atoms. The van der Waals surface area contributed by atoms with Crippen LogP contribution in [0.1, 0.15) is 11.7 Å². The number of pyridine rings is 1. The van der Waals surface area contributed by atoms with Gasteiger partial charge in [-0.2, -0.15) is 0 Å². The summed E-state index contributed by atoms with van der Waals surface area (Å²) in [6.45, 7) is 2.52. The van der Waals surface area contributed by atoms with E-state index in [0.29, 0.717) is 0 Å². The summed E-state index contributed by atoms with van der Waals surface area (Å²) in [6.07, 6.45) is 3.54. The highest BCUT2D eigenvalue weighted by molar-refractivity contribution is 5.34. The Morgan fingerprint density at radius 2 is 2.05 bits per heavy atom. The van der Waals surface area contributed by atoms with Crippen LogP contribution in [-0.4, -0.2) is 24.7 Å². The molecule has 0 aliphatic carbocycles. The summed E-state index contributed by atoms with van der Waals surface area (Å²) < 4.78 is 11.5. The molecule has 1 saturated heterocycles. The second-order valence-electron chi connectivity index (χ2n) is 4.42. The van der Waals surface area contributed by atoms with E-state index in [1.165, 1.54) is 0 Å². The summed E-state index contributed by atoms with van der Waals surface area (Å²) in [5.74, 6) is 1.60. The van der Waals surface area contributed by atoms with E-state index in [1.54, 1.807) is 12.4 Å². The van der Waals surface area contributed by atoms with Crippen LogP contribution in [0.3, 0.4) is 0 Å². The molecule has 98 valence electrons. The Bertz CT molecular complexity index is 525. The van der Waals surface area contributed by atoms with Crippen LogP contribution in [0.25, 0.3) is 0 Å². The van der Waals surface area contributed by atoms with Crippen LogP contribution in [-0.2, 0) is 4.74 Å². The zero-order chi connectivity index (χ0) is 12.9. The van der Waals surface area contributed by atoms with Crippen molar-refractivity contribution < 1.29 is 9.47 Å². The fraction of sp³-hybridized carbons (Fsp3) is 0.267. The Balaban J connectivity index is 1.76. The van der Waals surface area contributed by atoms with Gasteiger partial charge >= 0.3 is 0 Å². The molecule has 1 atom stereocenters. The van der Waals surface area contributed by atoms with E-state index < -0.39 is 0 Å².